The zero-order chi connectivity index (χ0) is 15.6. The Bertz CT molecular complexity index is 598. The summed E-state index contributed by atoms with van der Waals surface area (Å²) >= 11 is 9.27. The van der Waals surface area contributed by atoms with E-state index >= 15 is 0 Å². The SMILES string of the molecule is CC(C)CN(C1CCCC1)S(=O)(=O)c1ccc(Cl)c(Br)c1. The van der Waals surface area contributed by atoms with Crippen LogP contribution in [0.25, 0.3) is 0 Å². The number of hydrogen-bond acceptors (Lipinski definition) is 2. The summed E-state index contributed by atoms with van der Waals surface area (Å²) in [4.78, 5) is 0.311. The van der Waals surface area contributed by atoms with Crippen molar-refractivity contribution in [2.75, 3.05) is 6.54 Å². The first-order chi connectivity index (χ1) is 9.82. The van der Waals surface area contributed by atoms with Crippen LogP contribution >= 0.6 is 27.5 Å². The minimum atomic E-state index is -3.47. The number of sulfonamides is 1. The zero-order valence-electron chi connectivity index (χ0n) is 12.4. The van der Waals surface area contributed by atoms with Gasteiger partial charge in [0.1, 0.15) is 0 Å². The summed E-state index contributed by atoms with van der Waals surface area (Å²) in [7, 11) is -3.47. The van der Waals surface area contributed by atoms with Gasteiger partial charge < -0.3 is 0 Å². The van der Waals surface area contributed by atoms with Crippen LogP contribution in [0.15, 0.2) is 27.6 Å². The van der Waals surface area contributed by atoms with E-state index < -0.39 is 10.0 Å². The van der Waals surface area contributed by atoms with Gasteiger partial charge >= 0.3 is 0 Å². The Morgan fingerprint density at radius 2 is 1.95 bits per heavy atom. The third-order valence-electron chi connectivity index (χ3n) is 3.77. The summed E-state index contributed by atoms with van der Waals surface area (Å²) in [6.45, 7) is 4.66. The Morgan fingerprint density at radius 3 is 2.48 bits per heavy atom. The molecular formula is C15H21BrClNO2S. The Balaban J connectivity index is 2.38. The lowest BCUT2D eigenvalue weighted by Crippen LogP contribution is -2.41. The third kappa shape index (κ3) is 4.01. The summed E-state index contributed by atoms with van der Waals surface area (Å²) in [5.74, 6) is 0.302. The molecule has 0 bridgehead atoms. The van der Waals surface area contributed by atoms with Gasteiger partial charge in [-0.25, -0.2) is 8.42 Å². The van der Waals surface area contributed by atoms with Crippen LogP contribution in [0.1, 0.15) is 39.5 Å². The number of rotatable bonds is 5. The first kappa shape index (κ1) is 17.3. The van der Waals surface area contributed by atoms with Crippen molar-refractivity contribution in [3.63, 3.8) is 0 Å². The van der Waals surface area contributed by atoms with Crippen LogP contribution in [0, 0.1) is 5.92 Å². The second kappa shape index (κ2) is 6.99. The van der Waals surface area contributed by atoms with Crippen LogP contribution in [0.4, 0.5) is 0 Å². The van der Waals surface area contributed by atoms with Crippen LogP contribution in [-0.4, -0.2) is 25.3 Å². The number of benzene rings is 1. The summed E-state index contributed by atoms with van der Waals surface area (Å²) in [5, 5.41) is 0.519. The fraction of sp³-hybridized carbons (Fsp3) is 0.600. The zero-order valence-corrected chi connectivity index (χ0v) is 15.5. The van der Waals surface area contributed by atoms with Crippen molar-refractivity contribution in [2.24, 2.45) is 5.92 Å². The molecule has 1 fully saturated rings. The van der Waals surface area contributed by atoms with Crippen LogP contribution in [0.3, 0.4) is 0 Å². The lowest BCUT2D eigenvalue weighted by atomic mass is 10.2. The van der Waals surface area contributed by atoms with E-state index in [1.807, 2.05) is 0 Å². The summed E-state index contributed by atoms with van der Waals surface area (Å²) in [5.41, 5.74) is 0. The highest BCUT2D eigenvalue weighted by atomic mass is 79.9. The number of nitrogens with zero attached hydrogens (tertiary/aromatic N) is 1. The maximum Gasteiger partial charge on any atom is 0.243 e. The Kier molecular flexibility index (Phi) is 5.74. The van der Waals surface area contributed by atoms with Crippen molar-refractivity contribution in [3.8, 4) is 0 Å². The molecule has 0 unspecified atom stereocenters. The predicted octanol–water partition coefficient (Wildman–Crippen LogP) is 4.69. The van der Waals surface area contributed by atoms with Crippen molar-refractivity contribution in [1.82, 2.24) is 4.31 Å². The average Bonchev–Trinajstić information content (AvgIpc) is 2.92. The maximum atomic E-state index is 13.0. The van der Waals surface area contributed by atoms with Gasteiger partial charge in [-0.05, 0) is 52.9 Å². The van der Waals surface area contributed by atoms with E-state index in [-0.39, 0.29) is 6.04 Å². The Morgan fingerprint density at radius 1 is 1.33 bits per heavy atom. The fourth-order valence-corrected chi connectivity index (χ4v) is 5.29. The first-order valence-corrected chi connectivity index (χ1v) is 9.90. The van der Waals surface area contributed by atoms with Crippen LogP contribution in [0.5, 0.6) is 0 Å². The molecule has 118 valence electrons. The van der Waals surface area contributed by atoms with Crippen molar-refractivity contribution >= 4 is 37.6 Å². The van der Waals surface area contributed by atoms with Gasteiger partial charge in [-0.3, -0.25) is 0 Å². The van der Waals surface area contributed by atoms with Gasteiger partial charge in [-0.1, -0.05) is 38.3 Å². The van der Waals surface area contributed by atoms with E-state index in [4.69, 9.17) is 11.6 Å². The average molecular weight is 395 g/mol. The fourth-order valence-electron chi connectivity index (χ4n) is 2.77. The molecule has 0 radical (unpaired) electrons. The minimum absolute atomic E-state index is 0.131. The highest BCUT2D eigenvalue weighted by Crippen LogP contribution is 2.32. The molecule has 0 heterocycles. The number of hydrogen-bond donors (Lipinski definition) is 0. The molecule has 1 aliphatic rings. The van der Waals surface area contributed by atoms with Gasteiger partial charge in [0.05, 0.1) is 9.92 Å². The van der Waals surface area contributed by atoms with Crippen LogP contribution in [0.2, 0.25) is 5.02 Å². The lowest BCUT2D eigenvalue weighted by Gasteiger charge is -2.29. The molecule has 0 amide bonds. The standard InChI is InChI=1S/C15H21BrClNO2S/c1-11(2)10-18(12-5-3-4-6-12)21(19,20)13-7-8-15(17)14(16)9-13/h7-9,11-12H,3-6,10H2,1-2H3. The van der Waals surface area contributed by atoms with Gasteiger partial charge in [-0.15, -0.1) is 0 Å². The van der Waals surface area contributed by atoms with Gasteiger partial charge in [-0.2, -0.15) is 4.31 Å². The topological polar surface area (TPSA) is 37.4 Å². The molecule has 0 atom stereocenters. The maximum absolute atomic E-state index is 13.0. The predicted molar refractivity (Wildman–Crippen MR) is 90.1 cm³/mol. The molecule has 0 aliphatic heterocycles. The third-order valence-corrected chi connectivity index (χ3v) is 6.90. The van der Waals surface area contributed by atoms with Gasteiger partial charge in [0.25, 0.3) is 0 Å². The molecule has 1 aliphatic carbocycles. The van der Waals surface area contributed by atoms with E-state index in [0.717, 1.165) is 25.7 Å². The molecule has 6 heteroatoms. The Labute approximate surface area is 140 Å². The highest BCUT2D eigenvalue weighted by Gasteiger charge is 2.33. The molecule has 1 saturated carbocycles. The van der Waals surface area contributed by atoms with Gasteiger partial charge in [0.2, 0.25) is 10.0 Å². The number of halogens is 2. The normalized spacial score (nSPS) is 17.0. The van der Waals surface area contributed by atoms with Crippen LogP contribution in [-0.2, 0) is 10.0 Å². The van der Waals surface area contributed by atoms with Crippen molar-refractivity contribution in [1.29, 1.82) is 0 Å². The summed E-state index contributed by atoms with van der Waals surface area (Å²) in [6.07, 6.45) is 4.14. The molecule has 21 heavy (non-hydrogen) atoms. The Hall–Kier alpha value is -0.100. The second-order valence-electron chi connectivity index (χ2n) is 5.98. The second-order valence-corrected chi connectivity index (χ2v) is 9.13. The van der Waals surface area contributed by atoms with E-state index in [9.17, 15) is 8.42 Å². The van der Waals surface area contributed by atoms with Crippen molar-refractivity contribution < 1.29 is 8.42 Å². The highest BCUT2D eigenvalue weighted by molar-refractivity contribution is 9.10. The lowest BCUT2D eigenvalue weighted by molar-refractivity contribution is 0.292. The van der Waals surface area contributed by atoms with Crippen LogP contribution < -0.4 is 0 Å². The molecule has 0 saturated heterocycles. The van der Waals surface area contributed by atoms with E-state index in [1.54, 1.807) is 22.5 Å². The molecule has 1 aromatic rings. The first-order valence-electron chi connectivity index (χ1n) is 7.29. The molecule has 0 N–H and O–H groups in total. The monoisotopic (exact) mass is 393 g/mol. The van der Waals surface area contributed by atoms with Crippen molar-refractivity contribution in [3.05, 3.63) is 27.7 Å². The molecule has 0 spiro atoms. The minimum Gasteiger partial charge on any atom is -0.207 e. The van der Waals surface area contributed by atoms with E-state index in [2.05, 4.69) is 29.8 Å². The largest absolute Gasteiger partial charge is 0.243 e. The van der Waals surface area contributed by atoms with Crippen molar-refractivity contribution in [2.45, 2.75) is 50.5 Å². The van der Waals surface area contributed by atoms with E-state index in [0.29, 0.717) is 26.9 Å². The molecule has 2 rings (SSSR count). The summed E-state index contributed by atoms with van der Waals surface area (Å²) in [6, 6.07) is 4.94. The smallest absolute Gasteiger partial charge is 0.207 e. The molecular weight excluding hydrogens is 374 g/mol. The summed E-state index contributed by atoms with van der Waals surface area (Å²) < 4.78 is 28.3. The van der Waals surface area contributed by atoms with Gasteiger partial charge in [0, 0.05) is 17.1 Å². The molecule has 1 aromatic carbocycles. The molecule has 0 aromatic heterocycles. The van der Waals surface area contributed by atoms with Gasteiger partial charge in [0.15, 0.2) is 0 Å². The van der Waals surface area contributed by atoms with E-state index in [1.165, 1.54) is 0 Å². The molecule has 3 nitrogen and oxygen atoms in total. The quantitative estimate of drug-likeness (QED) is 0.726.